The fraction of sp³-hybridized carbons (Fsp3) is 0.667. The van der Waals surface area contributed by atoms with Crippen molar-refractivity contribution >= 4 is 23.2 Å². The van der Waals surface area contributed by atoms with E-state index in [-0.39, 0.29) is 16.3 Å². The molecule has 118 valence electrons. The van der Waals surface area contributed by atoms with Crippen LogP contribution in [0.4, 0.5) is 4.39 Å². The van der Waals surface area contributed by atoms with Gasteiger partial charge < -0.3 is 0 Å². The predicted molar refractivity (Wildman–Crippen MR) is 89.7 cm³/mol. The first-order chi connectivity index (χ1) is 9.77. The minimum atomic E-state index is -0.331. The van der Waals surface area contributed by atoms with Crippen molar-refractivity contribution in [3.8, 4) is 0 Å². The Bertz CT molecular complexity index is 482. The molecule has 0 spiro atoms. The molecule has 1 saturated carbocycles. The van der Waals surface area contributed by atoms with Crippen molar-refractivity contribution in [3.63, 3.8) is 0 Å². The second-order valence-corrected chi connectivity index (χ2v) is 8.31. The Morgan fingerprint density at radius 1 is 1.24 bits per heavy atom. The van der Waals surface area contributed by atoms with Gasteiger partial charge in [0.25, 0.3) is 0 Å². The van der Waals surface area contributed by atoms with Crippen LogP contribution < -0.4 is 0 Å². The minimum Gasteiger partial charge on any atom is -0.205 e. The van der Waals surface area contributed by atoms with Crippen LogP contribution in [0.15, 0.2) is 18.2 Å². The van der Waals surface area contributed by atoms with E-state index in [9.17, 15) is 4.39 Å². The van der Waals surface area contributed by atoms with Crippen molar-refractivity contribution in [2.24, 2.45) is 16.7 Å². The van der Waals surface area contributed by atoms with Crippen molar-refractivity contribution in [2.75, 3.05) is 5.88 Å². The van der Waals surface area contributed by atoms with Crippen molar-refractivity contribution in [3.05, 3.63) is 34.6 Å². The van der Waals surface area contributed by atoms with E-state index in [2.05, 4.69) is 20.8 Å². The van der Waals surface area contributed by atoms with Crippen LogP contribution in [0.1, 0.15) is 52.0 Å². The predicted octanol–water partition coefficient (Wildman–Crippen LogP) is 6.48. The second kappa shape index (κ2) is 6.46. The molecule has 1 aliphatic carbocycles. The average Bonchev–Trinajstić information content (AvgIpc) is 2.43. The first-order valence-corrected chi connectivity index (χ1v) is 8.67. The van der Waals surface area contributed by atoms with E-state index in [1.807, 2.05) is 6.07 Å². The fourth-order valence-electron chi connectivity index (χ4n) is 3.54. The SMILES string of the molecule is CC(C)(C)C1CCC(CCl)(Cc2cccc(F)c2Cl)CC1. The minimum absolute atomic E-state index is 0.0702. The number of alkyl halides is 1. The van der Waals surface area contributed by atoms with Crippen LogP contribution in [0, 0.1) is 22.6 Å². The number of benzene rings is 1. The zero-order valence-electron chi connectivity index (χ0n) is 13.2. The van der Waals surface area contributed by atoms with Gasteiger partial charge in [-0.05, 0) is 60.5 Å². The Morgan fingerprint density at radius 3 is 2.38 bits per heavy atom. The van der Waals surface area contributed by atoms with Crippen molar-refractivity contribution < 1.29 is 4.39 Å². The highest BCUT2D eigenvalue weighted by Gasteiger charge is 2.38. The van der Waals surface area contributed by atoms with Crippen molar-refractivity contribution in [1.29, 1.82) is 0 Å². The number of hydrogen-bond donors (Lipinski definition) is 0. The number of hydrogen-bond acceptors (Lipinski definition) is 0. The van der Waals surface area contributed by atoms with Crippen LogP contribution in [0.5, 0.6) is 0 Å². The summed E-state index contributed by atoms with van der Waals surface area (Å²) >= 11 is 12.4. The lowest BCUT2D eigenvalue weighted by atomic mass is 9.63. The lowest BCUT2D eigenvalue weighted by molar-refractivity contribution is 0.102. The van der Waals surface area contributed by atoms with E-state index in [4.69, 9.17) is 23.2 Å². The molecule has 0 unspecified atom stereocenters. The average molecular weight is 331 g/mol. The summed E-state index contributed by atoms with van der Waals surface area (Å²) in [5.41, 5.74) is 1.32. The summed E-state index contributed by atoms with van der Waals surface area (Å²) in [7, 11) is 0. The molecular weight excluding hydrogens is 306 g/mol. The van der Waals surface area contributed by atoms with E-state index >= 15 is 0 Å². The van der Waals surface area contributed by atoms with Gasteiger partial charge in [0.15, 0.2) is 0 Å². The molecule has 1 aromatic carbocycles. The van der Waals surface area contributed by atoms with E-state index in [1.165, 1.54) is 18.9 Å². The van der Waals surface area contributed by atoms with E-state index in [0.717, 1.165) is 30.7 Å². The molecule has 1 fully saturated rings. The van der Waals surface area contributed by atoms with Crippen LogP contribution in [0.2, 0.25) is 5.02 Å². The quantitative estimate of drug-likeness (QED) is 0.556. The molecule has 0 radical (unpaired) electrons. The van der Waals surface area contributed by atoms with Gasteiger partial charge >= 0.3 is 0 Å². The Hall–Kier alpha value is -0.270. The van der Waals surface area contributed by atoms with Crippen LogP contribution in [-0.2, 0) is 6.42 Å². The maximum atomic E-state index is 13.6. The zero-order chi connectivity index (χ0) is 15.7. The third kappa shape index (κ3) is 3.93. The van der Waals surface area contributed by atoms with Gasteiger partial charge in [-0.3, -0.25) is 0 Å². The highest BCUT2D eigenvalue weighted by atomic mass is 35.5. The summed E-state index contributed by atoms with van der Waals surface area (Å²) in [6.07, 6.45) is 5.38. The Balaban J connectivity index is 2.12. The van der Waals surface area contributed by atoms with Gasteiger partial charge in [-0.1, -0.05) is 44.5 Å². The molecular formula is C18H25Cl2F. The topological polar surface area (TPSA) is 0 Å². The van der Waals surface area contributed by atoms with Crippen LogP contribution in [0.25, 0.3) is 0 Å². The lowest BCUT2D eigenvalue weighted by Crippen LogP contribution is -2.35. The Kier molecular flexibility index (Phi) is 5.26. The highest BCUT2D eigenvalue weighted by molar-refractivity contribution is 6.31. The summed E-state index contributed by atoms with van der Waals surface area (Å²) in [4.78, 5) is 0. The van der Waals surface area contributed by atoms with Gasteiger partial charge in [0.05, 0.1) is 5.02 Å². The molecule has 3 heteroatoms. The first kappa shape index (κ1) is 17.1. The van der Waals surface area contributed by atoms with E-state index in [0.29, 0.717) is 11.3 Å². The normalized spacial score (nSPS) is 26.9. The number of rotatable bonds is 3. The van der Waals surface area contributed by atoms with E-state index in [1.54, 1.807) is 6.07 Å². The lowest BCUT2D eigenvalue weighted by Gasteiger charge is -2.43. The Labute approximate surface area is 138 Å². The van der Waals surface area contributed by atoms with Gasteiger partial charge in [0, 0.05) is 5.88 Å². The van der Waals surface area contributed by atoms with Crippen LogP contribution >= 0.6 is 23.2 Å². The molecule has 0 nitrogen and oxygen atoms in total. The molecule has 0 amide bonds. The smallest absolute Gasteiger partial charge is 0.142 e. The zero-order valence-corrected chi connectivity index (χ0v) is 14.7. The van der Waals surface area contributed by atoms with Gasteiger partial charge in [-0.15, -0.1) is 11.6 Å². The molecule has 0 N–H and O–H groups in total. The summed E-state index contributed by atoms with van der Waals surface area (Å²) in [6, 6.07) is 5.07. The molecule has 0 bridgehead atoms. The third-order valence-corrected chi connectivity index (χ3v) is 6.14. The highest BCUT2D eigenvalue weighted by Crippen LogP contribution is 2.48. The largest absolute Gasteiger partial charge is 0.205 e. The van der Waals surface area contributed by atoms with Gasteiger partial charge in [-0.2, -0.15) is 0 Å². The molecule has 1 aliphatic rings. The van der Waals surface area contributed by atoms with Crippen LogP contribution in [-0.4, -0.2) is 5.88 Å². The third-order valence-electron chi connectivity index (χ3n) is 5.15. The summed E-state index contributed by atoms with van der Waals surface area (Å²) in [6.45, 7) is 6.94. The summed E-state index contributed by atoms with van der Waals surface area (Å²) in [5.74, 6) is 1.04. The monoisotopic (exact) mass is 330 g/mol. The maximum Gasteiger partial charge on any atom is 0.142 e. The first-order valence-electron chi connectivity index (χ1n) is 7.76. The Morgan fingerprint density at radius 2 is 1.86 bits per heavy atom. The molecule has 0 aromatic heterocycles. The van der Waals surface area contributed by atoms with Crippen molar-refractivity contribution in [1.82, 2.24) is 0 Å². The maximum absolute atomic E-state index is 13.6. The van der Waals surface area contributed by atoms with E-state index < -0.39 is 0 Å². The molecule has 21 heavy (non-hydrogen) atoms. The molecule has 0 atom stereocenters. The molecule has 1 aromatic rings. The molecule has 0 saturated heterocycles. The van der Waals surface area contributed by atoms with Crippen LogP contribution in [0.3, 0.4) is 0 Å². The fourth-order valence-corrected chi connectivity index (χ4v) is 4.10. The molecule has 0 heterocycles. The second-order valence-electron chi connectivity index (χ2n) is 7.66. The van der Waals surface area contributed by atoms with Gasteiger partial charge in [0.1, 0.15) is 5.82 Å². The van der Waals surface area contributed by atoms with Gasteiger partial charge in [-0.25, -0.2) is 4.39 Å². The van der Waals surface area contributed by atoms with Crippen molar-refractivity contribution in [2.45, 2.75) is 52.9 Å². The summed E-state index contributed by atoms with van der Waals surface area (Å²) < 4.78 is 13.6. The molecule has 0 aliphatic heterocycles. The van der Waals surface area contributed by atoms with Gasteiger partial charge in [0.2, 0.25) is 0 Å². The molecule has 2 rings (SSSR count). The summed E-state index contributed by atoms with van der Waals surface area (Å²) in [5, 5.41) is 0.264. The standard InChI is InChI=1S/C18H25Cl2F/c1-17(2,3)14-7-9-18(12-19,10-8-14)11-13-5-4-6-15(21)16(13)20/h4-6,14H,7-12H2,1-3H3. The number of halogens is 3.